The largest absolute Gasteiger partial charge is 0.336 e. The molecule has 2 aromatic carbocycles. The Bertz CT molecular complexity index is 564. The van der Waals surface area contributed by atoms with Gasteiger partial charge in [-0.2, -0.15) is 0 Å². The Kier molecular flexibility index (Phi) is 4.12. The van der Waals surface area contributed by atoms with E-state index in [0.717, 1.165) is 22.5 Å². The Hall–Kier alpha value is -1.94. The van der Waals surface area contributed by atoms with Crippen LogP contribution >= 0.6 is 12.8 Å². The topological polar surface area (TPSA) is 32.3 Å². The van der Waals surface area contributed by atoms with E-state index in [0.29, 0.717) is 0 Å². The van der Waals surface area contributed by atoms with Crippen molar-refractivity contribution in [2.75, 3.05) is 9.62 Å². The SMILES string of the molecule is Cc1ccc(NC(=O)N(S)c2ccc(C)cc2)cc1. The normalized spacial score (nSPS) is 10.1. The maximum Gasteiger partial charge on any atom is 0.336 e. The van der Waals surface area contributed by atoms with Crippen LogP contribution < -0.4 is 9.62 Å². The summed E-state index contributed by atoms with van der Waals surface area (Å²) >= 11 is 4.22. The third-order valence-corrected chi connectivity index (χ3v) is 3.19. The van der Waals surface area contributed by atoms with Gasteiger partial charge < -0.3 is 5.32 Å². The van der Waals surface area contributed by atoms with Gasteiger partial charge in [0.1, 0.15) is 0 Å². The minimum Gasteiger partial charge on any atom is -0.307 e. The fourth-order valence-electron chi connectivity index (χ4n) is 1.62. The van der Waals surface area contributed by atoms with E-state index in [-0.39, 0.29) is 6.03 Å². The number of rotatable bonds is 2. The first kappa shape index (κ1) is 13.5. The molecule has 0 heterocycles. The second-order valence-corrected chi connectivity index (χ2v) is 4.84. The zero-order chi connectivity index (χ0) is 13.8. The van der Waals surface area contributed by atoms with Gasteiger partial charge in [-0.25, -0.2) is 9.10 Å². The second kappa shape index (κ2) is 5.80. The first-order valence-corrected chi connectivity index (χ1v) is 6.39. The fraction of sp³-hybridized carbons (Fsp3) is 0.133. The van der Waals surface area contributed by atoms with Crippen molar-refractivity contribution in [1.29, 1.82) is 0 Å². The highest BCUT2D eigenvalue weighted by Crippen LogP contribution is 2.18. The maximum atomic E-state index is 12.0. The molecule has 0 spiro atoms. The first-order chi connectivity index (χ1) is 9.06. The molecule has 0 aliphatic heterocycles. The molecule has 0 aromatic heterocycles. The predicted molar refractivity (Wildman–Crippen MR) is 82.8 cm³/mol. The number of hydrogen-bond acceptors (Lipinski definition) is 2. The molecular weight excluding hydrogens is 256 g/mol. The lowest BCUT2D eigenvalue weighted by Gasteiger charge is -2.16. The zero-order valence-electron chi connectivity index (χ0n) is 10.9. The molecule has 0 aliphatic rings. The number of carbonyl (C=O) groups excluding carboxylic acids is 1. The Morgan fingerprint density at radius 2 is 1.42 bits per heavy atom. The minimum absolute atomic E-state index is 0.281. The molecule has 0 saturated carbocycles. The number of anilines is 2. The molecule has 0 radical (unpaired) electrons. The molecule has 2 aromatic rings. The van der Waals surface area contributed by atoms with Crippen LogP contribution in [0.2, 0.25) is 0 Å². The van der Waals surface area contributed by atoms with Crippen LogP contribution in [-0.4, -0.2) is 6.03 Å². The van der Waals surface area contributed by atoms with Crippen LogP contribution in [0.3, 0.4) is 0 Å². The van der Waals surface area contributed by atoms with E-state index < -0.39 is 0 Å². The van der Waals surface area contributed by atoms with Crippen molar-refractivity contribution < 1.29 is 4.79 Å². The second-order valence-electron chi connectivity index (χ2n) is 4.44. The van der Waals surface area contributed by atoms with Gasteiger partial charge in [0.05, 0.1) is 5.69 Å². The summed E-state index contributed by atoms with van der Waals surface area (Å²) in [5, 5.41) is 2.79. The van der Waals surface area contributed by atoms with Crippen molar-refractivity contribution in [3.63, 3.8) is 0 Å². The van der Waals surface area contributed by atoms with Crippen molar-refractivity contribution in [3.05, 3.63) is 59.7 Å². The van der Waals surface area contributed by atoms with Crippen molar-refractivity contribution in [3.8, 4) is 0 Å². The van der Waals surface area contributed by atoms with Crippen molar-refractivity contribution in [1.82, 2.24) is 0 Å². The lowest BCUT2D eigenvalue weighted by atomic mass is 10.2. The van der Waals surface area contributed by atoms with Gasteiger partial charge in [-0.1, -0.05) is 48.2 Å². The van der Waals surface area contributed by atoms with Crippen LogP contribution in [0.1, 0.15) is 11.1 Å². The van der Waals surface area contributed by atoms with Gasteiger partial charge in [0, 0.05) is 5.69 Å². The molecular formula is C15H16N2OS. The molecule has 2 rings (SSSR count). The highest BCUT2D eigenvalue weighted by molar-refractivity contribution is 7.82. The third-order valence-electron chi connectivity index (χ3n) is 2.77. The summed E-state index contributed by atoms with van der Waals surface area (Å²) in [4.78, 5) is 12.0. The molecule has 0 aliphatic carbocycles. The number of thiol groups is 1. The Balaban J connectivity index is 2.07. The summed E-state index contributed by atoms with van der Waals surface area (Å²) in [7, 11) is 0. The number of benzene rings is 2. The Labute approximate surface area is 118 Å². The molecule has 0 unspecified atom stereocenters. The number of nitrogens with one attached hydrogen (secondary N) is 1. The van der Waals surface area contributed by atoms with Gasteiger partial charge in [0.2, 0.25) is 0 Å². The van der Waals surface area contributed by atoms with Crippen LogP contribution in [0.15, 0.2) is 48.5 Å². The van der Waals surface area contributed by atoms with E-state index in [9.17, 15) is 4.79 Å². The highest BCUT2D eigenvalue weighted by Gasteiger charge is 2.11. The molecule has 0 fully saturated rings. The number of aryl methyl sites for hydroxylation is 2. The Morgan fingerprint density at radius 1 is 0.947 bits per heavy atom. The van der Waals surface area contributed by atoms with Crippen LogP contribution in [0.5, 0.6) is 0 Å². The average Bonchev–Trinajstić information content (AvgIpc) is 2.41. The molecule has 4 heteroatoms. The molecule has 0 saturated heterocycles. The summed E-state index contributed by atoms with van der Waals surface area (Å²) in [6.07, 6.45) is 0. The standard InChI is InChI=1S/C15H16N2OS/c1-11-3-7-13(8-4-11)16-15(18)17(19)14-9-5-12(2)6-10-14/h3-10,19H,1-2H3,(H,16,18). The summed E-state index contributed by atoms with van der Waals surface area (Å²) in [5.74, 6) is 0. The lowest BCUT2D eigenvalue weighted by Crippen LogP contribution is -2.26. The van der Waals surface area contributed by atoms with Gasteiger partial charge >= 0.3 is 6.03 Å². The van der Waals surface area contributed by atoms with Crippen molar-refractivity contribution in [2.24, 2.45) is 0 Å². The molecule has 2 amide bonds. The van der Waals surface area contributed by atoms with Crippen LogP contribution in [0.25, 0.3) is 0 Å². The summed E-state index contributed by atoms with van der Waals surface area (Å²) < 4.78 is 1.29. The van der Waals surface area contributed by atoms with Crippen molar-refractivity contribution in [2.45, 2.75) is 13.8 Å². The first-order valence-electron chi connectivity index (χ1n) is 5.99. The van der Waals surface area contributed by atoms with Crippen LogP contribution in [-0.2, 0) is 0 Å². The molecule has 19 heavy (non-hydrogen) atoms. The number of urea groups is 1. The van der Waals surface area contributed by atoms with E-state index in [1.54, 1.807) is 0 Å². The van der Waals surface area contributed by atoms with Crippen molar-refractivity contribution >= 4 is 30.2 Å². The number of hydrogen-bond donors (Lipinski definition) is 2. The van der Waals surface area contributed by atoms with Gasteiger partial charge in [-0.3, -0.25) is 0 Å². The summed E-state index contributed by atoms with van der Waals surface area (Å²) in [5.41, 5.74) is 3.78. The fourth-order valence-corrected chi connectivity index (χ4v) is 1.80. The van der Waals surface area contributed by atoms with E-state index in [4.69, 9.17) is 0 Å². The molecule has 3 nitrogen and oxygen atoms in total. The van der Waals surface area contributed by atoms with E-state index in [1.807, 2.05) is 62.4 Å². The quantitative estimate of drug-likeness (QED) is 0.789. The zero-order valence-corrected chi connectivity index (χ0v) is 11.8. The summed E-state index contributed by atoms with van der Waals surface area (Å²) in [6, 6.07) is 14.9. The van der Waals surface area contributed by atoms with Crippen LogP contribution in [0.4, 0.5) is 16.2 Å². The molecule has 0 bridgehead atoms. The predicted octanol–water partition coefficient (Wildman–Crippen LogP) is 4.19. The monoisotopic (exact) mass is 272 g/mol. The maximum absolute atomic E-state index is 12.0. The lowest BCUT2D eigenvalue weighted by molar-refractivity contribution is 0.260. The molecule has 0 atom stereocenters. The summed E-state index contributed by atoms with van der Waals surface area (Å²) in [6.45, 7) is 4.00. The smallest absolute Gasteiger partial charge is 0.307 e. The number of amides is 2. The Morgan fingerprint density at radius 3 is 1.95 bits per heavy atom. The van der Waals surface area contributed by atoms with Gasteiger partial charge in [0.25, 0.3) is 0 Å². The number of carbonyl (C=O) groups is 1. The van der Waals surface area contributed by atoms with E-state index in [2.05, 4.69) is 18.1 Å². The minimum atomic E-state index is -0.281. The molecule has 1 N–H and O–H groups in total. The van der Waals surface area contributed by atoms with Gasteiger partial charge in [0.15, 0.2) is 0 Å². The number of nitrogens with zero attached hydrogens (tertiary/aromatic N) is 1. The van der Waals surface area contributed by atoms with Gasteiger partial charge in [-0.15, -0.1) is 0 Å². The third kappa shape index (κ3) is 3.51. The highest BCUT2D eigenvalue weighted by atomic mass is 32.1. The van der Waals surface area contributed by atoms with E-state index in [1.165, 1.54) is 4.31 Å². The molecule has 98 valence electrons. The van der Waals surface area contributed by atoms with Crippen LogP contribution in [0, 0.1) is 13.8 Å². The van der Waals surface area contributed by atoms with Gasteiger partial charge in [-0.05, 0) is 38.1 Å². The average molecular weight is 272 g/mol. The van der Waals surface area contributed by atoms with E-state index >= 15 is 0 Å².